The van der Waals surface area contributed by atoms with Gasteiger partial charge in [0.05, 0.1) is 11.1 Å². The highest BCUT2D eigenvalue weighted by molar-refractivity contribution is 6.21. The van der Waals surface area contributed by atoms with Gasteiger partial charge < -0.3 is 9.74 Å². The molecule has 7 nitrogen and oxygen atoms in total. The molecule has 0 saturated carbocycles. The highest BCUT2D eigenvalue weighted by Crippen LogP contribution is 2.23. The van der Waals surface area contributed by atoms with Gasteiger partial charge in [-0.25, -0.2) is 9.78 Å². The molecule has 0 bridgehead atoms. The van der Waals surface area contributed by atoms with E-state index in [9.17, 15) is 14.4 Å². The highest BCUT2D eigenvalue weighted by Gasteiger charge is 2.38. The summed E-state index contributed by atoms with van der Waals surface area (Å²) in [5.74, 6) is -2.20. The molecule has 0 radical (unpaired) electrons. The van der Waals surface area contributed by atoms with Crippen LogP contribution in [-0.2, 0) is 4.84 Å². The van der Waals surface area contributed by atoms with E-state index in [1.807, 2.05) is 14.1 Å². The molecule has 0 unspecified atom stereocenters. The van der Waals surface area contributed by atoms with E-state index in [0.29, 0.717) is 5.06 Å². The largest absolute Gasteiger partial charge is 0.382 e. The first-order valence-corrected chi connectivity index (χ1v) is 6.82. The average Bonchev–Trinajstić information content (AvgIpc) is 2.80. The Labute approximate surface area is 132 Å². The van der Waals surface area contributed by atoms with Crippen LogP contribution >= 0.6 is 0 Å². The van der Waals surface area contributed by atoms with Crippen LogP contribution in [0.4, 0.5) is 5.69 Å². The van der Waals surface area contributed by atoms with E-state index >= 15 is 0 Å². The van der Waals surface area contributed by atoms with E-state index in [1.54, 1.807) is 23.1 Å². The first-order chi connectivity index (χ1) is 11.0. The van der Waals surface area contributed by atoms with Crippen LogP contribution in [0, 0.1) is 0 Å². The van der Waals surface area contributed by atoms with Crippen LogP contribution in [0.3, 0.4) is 0 Å². The third kappa shape index (κ3) is 2.52. The fourth-order valence-electron chi connectivity index (χ4n) is 2.19. The molecule has 2 aromatic rings. The van der Waals surface area contributed by atoms with Gasteiger partial charge in [-0.15, -0.1) is 0 Å². The number of anilines is 1. The Morgan fingerprint density at radius 1 is 1.09 bits per heavy atom. The van der Waals surface area contributed by atoms with Crippen molar-refractivity contribution < 1.29 is 19.2 Å². The number of aromatic nitrogens is 1. The second-order valence-corrected chi connectivity index (χ2v) is 5.12. The molecule has 0 fully saturated rings. The number of benzene rings is 1. The molecule has 3 rings (SSSR count). The molecule has 7 heteroatoms. The lowest BCUT2D eigenvalue weighted by Crippen LogP contribution is -2.33. The number of imide groups is 1. The number of hydrogen-bond acceptors (Lipinski definition) is 6. The number of nitrogens with zero attached hydrogens (tertiary/aromatic N) is 3. The summed E-state index contributed by atoms with van der Waals surface area (Å²) in [7, 11) is 3.63. The average molecular weight is 311 g/mol. The molecule has 2 heterocycles. The second-order valence-electron chi connectivity index (χ2n) is 5.12. The molecule has 0 spiro atoms. The van der Waals surface area contributed by atoms with Crippen LogP contribution < -0.4 is 4.90 Å². The van der Waals surface area contributed by atoms with Crippen LogP contribution in [0.25, 0.3) is 0 Å². The normalized spacial score (nSPS) is 13.0. The predicted octanol–water partition coefficient (Wildman–Crippen LogP) is 1.52. The predicted molar refractivity (Wildman–Crippen MR) is 80.9 cm³/mol. The third-order valence-electron chi connectivity index (χ3n) is 3.40. The minimum absolute atomic E-state index is 0.00718. The Kier molecular flexibility index (Phi) is 3.53. The van der Waals surface area contributed by atoms with Crippen molar-refractivity contribution in [2.24, 2.45) is 0 Å². The summed E-state index contributed by atoms with van der Waals surface area (Å²) in [5.41, 5.74) is 1.17. The molecule has 1 aliphatic heterocycles. The molecular weight excluding hydrogens is 298 g/mol. The van der Waals surface area contributed by atoms with Crippen molar-refractivity contribution in [3.8, 4) is 0 Å². The maximum atomic E-state index is 12.2. The number of carbonyl (C=O) groups is 3. The van der Waals surface area contributed by atoms with Gasteiger partial charge in [0.2, 0.25) is 0 Å². The molecule has 1 aliphatic rings. The minimum Gasteiger partial charge on any atom is -0.378 e. The lowest BCUT2D eigenvalue weighted by molar-refractivity contribution is -0.0588. The number of carbonyl (C=O) groups excluding carboxylic acids is 3. The molecule has 0 atom stereocenters. The van der Waals surface area contributed by atoms with Gasteiger partial charge in [0.25, 0.3) is 11.8 Å². The SMILES string of the molecule is CN(C)c1ccnc(C(=O)ON2C(=O)c3ccccc3C2=O)c1. The first kappa shape index (κ1) is 14.7. The Hall–Kier alpha value is -3.22. The van der Waals surface area contributed by atoms with E-state index in [-0.39, 0.29) is 16.8 Å². The van der Waals surface area contributed by atoms with E-state index in [4.69, 9.17) is 4.84 Å². The fraction of sp³-hybridized carbons (Fsp3) is 0.125. The van der Waals surface area contributed by atoms with Gasteiger partial charge in [-0.2, -0.15) is 0 Å². The van der Waals surface area contributed by atoms with Crippen molar-refractivity contribution in [2.45, 2.75) is 0 Å². The van der Waals surface area contributed by atoms with Crippen molar-refractivity contribution in [2.75, 3.05) is 19.0 Å². The summed E-state index contributed by atoms with van der Waals surface area (Å²) in [6.07, 6.45) is 1.45. The first-order valence-electron chi connectivity index (χ1n) is 6.82. The molecule has 1 aromatic heterocycles. The summed E-state index contributed by atoms with van der Waals surface area (Å²) in [4.78, 5) is 47.1. The van der Waals surface area contributed by atoms with Gasteiger partial charge in [0.1, 0.15) is 0 Å². The number of rotatable bonds is 3. The van der Waals surface area contributed by atoms with Crippen molar-refractivity contribution in [1.29, 1.82) is 0 Å². The number of hydroxylamine groups is 2. The maximum absolute atomic E-state index is 12.2. The number of fused-ring (bicyclic) bond motifs is 1. The van der Waals surface area contributed by atoms with Crippen LogP contribution in [0.2, 0.25) is 0 Å². The standard InChI is InChI=1S/C16H13N3O4/c1-18(2)10-7-8-17-13(9-10)16(22)23-19-14(20)11-5-3-4-6-12(11)15(19)21/h3-9H,1-2H3. The van der Waals surface area contributed by atoms with E-state index in [1.165, 1.54) is 24.4 Å². The van der Waals surface area contributed by atoms with Gasteiger partial charge in [-0.05, 0) is 24.3 Å². The summed E-state index contributed by atoms with van der Waals surface area (Å²) in [6.45, 7) is 0. The summed E-state index contributed by atoms with van der Waals surface area (Å²) in [5, 5.41) is 0.469. The van der Waals surface area contributed by atoms with E-state index in [2.05, 4.69) is 4.98 Å². The molecule has 0 saturated heterocycles. The van der Waals surface area contributed by atoms with Gasteiger partial charge in [-0.1, -0.05) is 17.2 Å². The highest BCUT2D eigenvalue weighted by atomic mass is 16.7. The number of hydrogen-bond donors (Lipinski definition) is 0. The second kappa shape index (κ2) is 5.53. The molecule has 0 N–H and O–H groups in total. The van der Waals surface area contributed by atoms with Crippen molar-refractivity contribution in [3.05, 3.63) is 59.4 Å². The Bertz CT molecular complexity index is 781. The van der Waals surface area contributed by atoms with E-state index in [0.717, 1.165) is 5.69 Å². The molecule has 23 heavy (non-hydrogen) atoms. The third-order valence-corrected chi connectivity index (χ3v) is 3.40. The summed E-state index contributed by atoms with van der Waals surface area (Å²) >= 11 is 0. The Morgan fingerprint density at radius 3 is 2.26 bits per heavy atom. The Morgan fingerprint density at radius 2 is 1.70 bits per heavy atom. The quantitative estimate of drug-likeness (QED) is 0.800. The van der Waals surface area contributed by atoms with Crippen LogP contribution in [0.5, 0.6) is 0 Å². The van der Waals surface area contributed by atoms with Crippen molar-refractivity contribution in [1.82, 2.24) is 10.0 Å². The number of amides is 2. The number of pyridine rings is 1. The van der Waals surface area contributed by atoms with Gasteiger partial charge in [0.15, 0.2) is 5.69 Å². The van der Waals surface area contributed by atoms with Gasteiger partial charge in [0, 0.05) is 26.0 Å². The van der Waals surface area contributed by atoms with Crippen LogP contribution in [0.15, 0.2) is 42.6 Å². The van der Waals surface area contributed by atoms with Crippen LogP contribution in [-0.4, -0.2) is 41.9 Å². The van der Waals surface area contributed by atoms with Gasteiger partial charge >= 0.3 is 5.97 Å². The molecule has 116 valence electrons. The lowest BCUT2D eigenvalue weighted by Gasteiger charge is -2.14. The van der Waals surface area contributed by atoms with Crippen molar-refractivity contribution >= 4 is 23.5 Å². The maximum Gasteiger partial charge on any atom is 0.382 e. The van der Waals surface area contributed by atoms with E-state index < -0.39 is 17.8 Å². The summed E-state index contributed by atoms with van der Waals surface area (Å²) < 4.78 is 0. The Balaban J connectivity index is 1.83. The zero-order chi connectivity index (χ0) is 16.6. The lowest BCUT2D eigenvalue weighted by atomic mass is 10.1. The molecule has 1 aromatic carbocycles. The minimum atomic E-state index is -0.872. The van der Waals surface area contributed by atoms with Gasteiger partial charge in [-0.3, -0.25) is 9.59 Å². The smallest absolute Gasteiger partial charge is 0.378 e. The fourth-order valence-corrected chi connectivity index (χ4v) is 2.19. The topological polar surface area (TPSA) is 79.8 Å². The molecular formula is C16H13N3O4. The summed E-state index contributed by atoms with van der Waals surface area (Å²) in [6, 6.07) is 9.52. The molecule has 0 aliphatic carbocycles. The van der Waals surface area contributed by atoms with Crippen LogP contribution in [0.1, 0.15) is 31.2 Å². The zero-order valence-electron chi connectivity index (χ0n) is 12.5. The monoisotopic (exact) mass is 311 g/mol. The molecule has 2 amide bonds. The zero-order valence-corrected chi connectivity index (χ0v) is 12.5. The van der Waals surface area contributed by atoms with Crippen molar-refractivity contribution in [3.63, 3.8) is 0 Å².